The van der Waals surface area contributed by atoms with Crippen LogP contribution in [-0.2, 0) is 21.1 Å². The molecule has 0 aliphatic rings. The molecule has 2 aromatic rings. The molecule has 6 heteroatoms. The molecule has 0 aliphatic heterocycles. The van der Waals surface area contributed by atoms with Gasteiger partial charge >= 0.3 is 5.97 Å². The van der Waals surface area contributed by atoms with E-state index in [0.29, 0.717) is 5.75 Å². The lowest BCUT2D eigenvalue weighted by Crippen LogP contribution is -2.22. The molecule has 0 saturated heterocycles. The Morgan fingerprint density at radius 1 is 1.04 bits per heavy atom. The van der Waals surface area contributed by atoms with Gasteiger partial charge in [0, 0.05) is 17.2 Å². The normalized spacial score (nSPS) is 11.7. The summed E-state index contributed by atoms with van der Waals surface area (Å²) in [6.07, 6.45) is 0. The highest BCUT2D eigenvalue weighted by atomic mass is 32.2. The van der Waals surface area contributed by atoms with Crippen LogP contribution >= 0.6 is 23.5 Å². The highest BCUT2D eigenvalue weighted by Gasteiger charge is 2.13. The first-order chi connectivity index (χ1) is 12.0. The first-order valence-electron chi connectivity index (χ1n) is 7.89. The van der Waals surface area contributed by atoms with E-state index in [-0.39, 0.29) is 16.9 Å². The highest BCUT2D eigenvalue weighted by molar-refractivity contribution is 7.99. The fourth-order valence-electron chi connectivity index (χ4n) is 2.11. The molecule has 2 aromatic carbocycles. The smallest absolute Gasteiger partial charge is 0.313 e. The molecule has 25 heavy (non-hydrogen) atoms. The molecule has 1 unspecified atom stereocenters. The van der Waals surface area contributed by atoms with Gasteiger partial charge in [-0.05, 0) is 30.2 Å². The van der Waals surface area contributed by atoms with Gasteiger partial charge in [-0.1, -0.05) is 42.5 Å². The summed E-state index contributed by atoms with van der Waals surface area (Å²) in [5.41, 5.74) is 2.93. The molecule has 0 aliphatic carbocycles. The van der Waals surface area contributed by atoms with Crippen molar-refractivity contribution in [1.29, 1.82) is 0 Å². The highest BCUT2D eigenvalue weighted by Crippen LogP contribution is 2.21. The molecular formula is C19H21NO3S2. The van der Waals surface area contributed by atoms with Crippen molar-refractivity contribution < 1.29 is 14.7 Å². The fraction of sp³-hybridized carbons (Fsp3) is 0.263. The maximum absolute atomic E-state index is 12.3. The minimum absolute atomic E-state index is 0.0312. The van der Waals surface area contributed by atoms with Gasteiger partial charge in [0.1, 0.15) is 0 Å². The van der Waals surface area contributed by atoms with E-state index in [1.54, 1.807) is 11.8 Å². The van der Waals surface area contributed by atoms with E-state index in [9.17, 15) is 9.59 Å². The maximum Gasteiger partial charge on any atom is 0.313 e. The molecule has 2 N–H and O–H groups in total. The number of aliphatic carboxylic acids is 1. The van der Waals surface area contributed by atoms with Crippen LogP contribution in [-0.4, -0.2) is 28.0 Å². The summed E-state index contributed by atoms with van der Waals surface area (Å²) in [6.45, 7) is 1.90. The third-order valence-corrected chi connectivity index (χ3v) is 5.60. The molecule has 0 spiro atoms. The predicted octanol–water partition coefficient (Wildman–Crippen LogP) is 4.26. The SMILES string of the molecule is CC(SCc1ccccc1)C(=O)Nc1cccc(CSCC(=O)O)c1. The van der Waals surface area contributed by atoms with Gasteiger partial charge in [0.15, 0.2) is 0 Å². The Morgan fingerprint density at radius 3 is 2.48 bits per heavy atom. The van der Waals surface area contributed by atoms with E-state index in [1.807, 2.05) is 49.4 Å². The average Bonchev–Trinajstić information content (AvgIpc) is 2.60. The molecule has 0 bridgehead atoms. The van der Waals surface area contributed by atoms with Gasteiger partial charge < -0.3 is 10.4 Å². The molecule has 0 radical (unpaired) electrons. The number of anilines is 1. The number of hydrogen-bond donors (Lipinski definition) is 2. The lowest BCUT2D eigenvalue weighted by molar-refractivity contribution is -0.133. The maximum atomic E-state index is 12.3. The van der Waals surface area contributed by atoms with Gasteiger partial charge in [-0.25, -0.2) is 0 Å². The van der Waals surface area contributed by atoms with Crippen LogP contribution in [0.25, 0.3) is 0 Å². The summed E-state index contributed by atoms with van der Waals surface area (Å²) >= 11 is 2.93. The molecular weight excluding hydrogens is 354 g/mol. The first-order valence-corrected chi connectivity index (χ1v) is 10.1. The van der Waals surface area contributed by atoms with Gasteiger partial charge in [-0.2, -0.15) is 0 Å². The quantitative estimate of drug-likeness (QED) is 0.685. The monoisotopic (exact) mass is 375 g/mol. The van der Waals surface area contributed by atoms with Gasteiger partial charge in [0.25, 0.3) is 0 Å². The van der Waals surface area contributed by atoms with Crippen molar-refractivity contribution in [3.8, 4) is 0 Å². The number of nitrogens with one attached hydrogen (secondary N) is 1. The summed E-state index contributed by atoms with van der Waals surface area (Å²) in [4.78, 5) is 22.9. The predicted molar refractivity (Wildman–Crippen MR) is 106 cm³/mol. The van der Waals surface area contributed by atoms with Crippen molar-refractivity contribution >= 4 is 41.1 Å². The third-order valence-electron chi connectivity index (χ3n) is 3.40. The molecule has 0 saturated carbocycles. The second-order valence-corrected chi connectivity index (χ2v) is 7.83. The number of carboxylic acid groups (broad SMARTS) is 1. The Balaban J connectivity index is 1.83. The van der Waals surface area contributed by atoms with Gasteiger partial charge in [-0.3, -0.25) is 9.59 Å². The van der Waals surface area contributed by atoms with Gasteiger partial charge in [0.2, 0.25) is 5.91 Å². The molecule has 0 heterocycles. The zero-order chi connectivity index (χ0) is 18.1. The lowest BCUT2D eigenvalue weighted by Gasteiger charge is -2.13. The largest absolute Gasteiger partial charge is 0.481 e. The molecule has 1 atom stereocenters. The first kappa shape index (κ1) is 19.4. The molecule has 0 fully saturated rings. The van der Waals surface area contributed by atoms with Crippen molar-refractivity contribution in [3.05, 3.63) is 65.7 Å². The Hall–Kier alpha value is -1.92. The van der Waals surface area contributed by atoms with E-state index in [1.165, 1.54) is 17.3 Å². The molecule has 2 rings (SSSR count). The van der Waals surface area contributed by atoms with Crippen LogP contribution < -0.4 is 5.32 Å². The average molecular weight is 376 g/mol. The number of carboxylic acids is 1. The Kier molecular flexibility index (Phi) is 7.88. The number of rotatable bonds is 9. The van der Waals surface area contributed by atoms with Crippen molar-refractivity contribution in [1.82, 2.24) is 0 Å². The van der Waals surface area contributed by atoms with Crippen molar-refractivity contribution in [3.63, 3.8) is 0 Å². The van der Waals surface area contributed by atoms with Crippen LogP contribution in [0.4, 0.5) is 5.69 Å². The van der Waals surface area contributed by atoms with E-state index in [0.717, 1.165) is 17.0 Å². The van der Waals surface area contributed by atoms with Crippen molar-refractivity contribution in [2.24, 2.45) is 0 Å². The number of benzene rings is 2. The molecule has 0 aromatic heterocycles. The minimum atomic E-state index is -0.821. The number of carbonyl (C=O) groups is 2. The number of carbonyl (C=O) groups excluding carboxylic acids is 1. The van der Waals surface area contributed by atoms with E-state index < -0.39 is 5.97 Å². The van der Waals surface area contributed by atoms with E-state index in [4.69, 9.17) is 5.11 Å². The minimum Gasteiger partial charge on any atom is -0.481 e. The third kappa shape index (κ3) is 7.23. The Morgan fingerprint density at radius 2 is 1.76 bits per heavy atom. The summed E-state index contributed by atoms with van der Waals surface area (Å²) < 4.78 is 0. The summed E-state index contributed by atoms with van der Waals surface area (Å²) in [6, 6.07) is 17.6. The van der Waals surface area contributed by atoms with Crippen LogP contribution in [0.3, 0.4) is 0 Å². The van der Waals surface area contributed by atoms with Crippen LogP contribution in [0, 0.1) is 0 Å². The Labute approximate surface area is 156 Å². The van der Waals surface area contributed by atoms with Crippen LogP contribution in [0.15, 0.2) is 54.6 Å². The number of amides is 1. The lowest BCUT2D eigenvalue weighted by atomic mass is 10.2. The summed E-state index contributed by atoms with van der Waals surface area (Å²) in [7, 11) is 0. The van der Waals surface area contributed by atoms with Crippen LogP contribution in [0.2, 0.25) is 0 Å². The molecule has 4 nitrogen and oxygen atoms in total. The topological polar surface area (TPSA) is 66.4 Å². The second kappa shape index (κ2) is 10.2. The summed E-state index contributed by atoms with van der Waals surface area (Å²) in [5, 5.41) is 11.4. The standard InChI is InChI=1S/C19H21NO3S2/c1-14(25-12-15-6-3-2-4-7-15)19(23)20-17-9-5-8-16(10-17)11-24-13-18(21)22/h2-10,14H,11-13H2,1H3,(H,20,23)(H,21,22). The zero-order valence-corrected chi connectivity index (χ0v) is 15.6. The van der Waals surface area contributed by atoms with Gasteiger partial charge in [-0.15, -0.1) is 23.5 Å². The van der Waals surface area contributed by atoms with Crippen LogP contribution in [0.5, 0.6) is 0 Å². The summed E-state index contributed by atoms with van der Waals surface area (Å²) in [5.74, 6) is 0.620. The number of thioether (sulfide) groups is 2. The molecule has 132 valence electrons. The van der Waals surface area contributed by atoms with Gasteiger partial charge in [0.05, 0.1) is 11.0 Å². The Bertz CT molecular complexity index is 707. The van der Waals surface area contributed by atoms with Crippen molar-refractivity contribution in [2.75, 3.05) is 11.1 Å². The van der Waals surface area contributed by atoms with Crippen LogP contribution in [0.1, 0.15) is 18.1 Å². The second-order valence-electron chi connectivity index (χ2n) is 5.51. The molecule has 1 amide bonds. The van der Waals surface area contributed by atoms with E-state index >= 15 is 0 Å². The zero-order valence-electron chi connectivity index (χ0n) is 14.0. The van der Waals surface area contributed by atoms with Crippen molar-refractivity contribution in [2.45, 2.75) is 23.7 Å². The van der Waals surface area contributed by atoms with E-state index in [2.05, 4.69) is 17.4 Å². The fourth-order valence-corrected chi connectivity index (χ4v) is 3.65. The number of hydrogen-bond acceptors (Lipinski definition) is 4.